The molecule has 2 N–H and O–H groups in total. The Balaban J connectivity index is 1.74. The van der Waals surface area contributed by atoms with Gasteiger partial charge in [0.15, 0.2) is 0 Å². The summed E-state index contributed by atoms with van der Waals surface area (Å²) in [4.78, 5) is 16.6. The molecule has 2 rings (SSSR count). The lowest BCUT2D eigenvalue weighted by molar-refractivity contribution is -0.132. The molecule has 0 bridgehead atoms. The molecule has 0 saturated carbocycles. The predicted molar refractivity (Wildman–Crippen MR) is 82.5 cm³/mol. The molecule has 110 valence electrons. The number of hydrogen-bond donors (Lipinski definition) is 1. The van der Waals surface area contributed by atoms with Crippen molar-refractivity contribution in [2.24, 2.45) is 0 Å². The minimum Gasteiger partial charge on any atom is -0.399 e. The lowest BCUT2D eigenvalue weighted by Gasteiger charge is -2.34. The molecular formula is C16H25N3O. The van der Waals surface area contributed by atoms with Crippen molar-refractivity contribution in [2.45, 2.75) is 26.2 Å². The summed E-state index contributed by atoms with van der Waals surface area (Å²) in [6.45, 7) is 7.13. The molecule has 0 aromatic heterocycles. The summed E-state index contributed by atoms with van der Waals surface area (Å²) in [6, 6.07) is 7.79. The van der Waals surface area contributed by atoms with Crippen LogP contribution in [0.5, 0.6) is 0 Å². The van der Waals surface area contributed by atoms with E-state index in [1.807, 2.05) is 29.2 Å². The molecule has 0 spiro atoms. The molecule has 1 aliphatic heterocycles. The Kier molecular flexibility index (Phi) is 5.41. The Bertz CT molecular complexity index is 422. The van der Waals surface area contributed by atoms with Gasteiger partial charge in [-0.1, -0.05) is 19.1 Å². The van der Waals surface area contributed by atoms with Gasteiger partial charge in [0.2, 0.25) is 5.91 Å². The average molecular weight is 275 g/mol. The fraction of sp³-hybridized carbons (Fsp3) is 0.562. The molecule has 4 nitrogen and oxygen atoms in total. The number of rotatable bonds is 5. The Labute approximate surface area is 121 Å². The van der Waals surface area contributed by atoms with E-state index in [4.69, 9.17) is 5.73 Å². The van der Waals surface area contributed by atoms with E-state index in [9.17, 15) is 4.79 Å². The monoisotopic (exact) mass is 275 g/mol. The third-order valence-corrected chi connectivity index (χ3v) is 3.87. The largest absolute Gasteiger partial charge is 0.399 e. The van der Waals surface area contributed by atoms with Crippen molar-refractivity contribution in [1.82, 2.24) is 9.80 Å². The standard InChI is InChI=1S/C16H25N3O/c1-2-9-18-10-12-19(13-11-18)16(20)8-5-14-3-6-15(17)7-4-14/h3-4,6-7H,2,5,8-13,17H2,1H3. The summed E-state index contributed by atoms with van der Waals surface area (Å²) >= 11 is 0. The number of carbonyl (C=O) groups excluding carboxylic acids is 1. The Morgan fingerprint density at radius 1 is 1.15 bits per heavy atom. The first-order valence-electron chi connectivity index (χ1n) is 7.53. The van der Waals surface area contributed by atoms with Crippen LogP contribution in [0.1, 0.15) is 25.3 Å². The molecule has 4 heteroatoms. The van der Waals surface area contributed by atoms with Crippen molar-refractivity contribution in [2.75, 3.05) is 38.5 Å². The molecule has 1 aliphatic rings. The van der Waals surface area contributed by atoms with Gasteiger partial charge in [0, 0.05) is 38.3 Å². The van der Waals surface area contributed by atoms with E-state index >= 15 is 0 Å². The molecule has 0 radical (unpaired) electrons. The molecule has 1 fully saturated rings. The number of piperazine rings is 1. The van der Waals surface area contributed by atoms with Crippen LogP contribution in [0.3, 0.4) is 0 Å². The summed E-state index contributed by atoms with van der Waals surface area (Å²) in [6.07, 6.45) is 2.58. The number of nitrogens with zero attached hydrogens (tertiary/aromatic N) is 2. The second kappa shape index (κ2) is 7.29. The zero-order chi connectivity index (χ0) is 14.4. The van der Waals surface area contributed by atoms with E-state index in [-0.39, 0.29) is 5.91 Å². The maximum Gasteiger partial charge on any atom is 0.222 e. The molecule has 1 heterocycles. The second-order valence-corrected chi connectivity index (χ2v) is 5.46. The number of carbonyl (C=O) groups is 1. The van der Waals surface area contributed by atoms with Gasteiger partial charge in [-0.2, -0.15) is 0 Å². The first-order chi connectivity index (χ1) is 9.69. The average Bonchev–Trinajstić information content (AvgIpc) is 2.47. The molecule has 1 aromatic rings. The lowest BCUT2D eigenvalue weighted by atomic mass is 10.1. The van der Waals surface area contributed by atoms with Crippen LogP contribution >= 0.6 is 0 Å². The van der Waals surface area contributed by atoms with Crippen LogP contribution in [0, 0.1) is 0 Å². The highest BCUT2D eigenvalue weighted by Gasteiger charge is 2.19. The smallest absolute Gasteiger partial charge is 0.222 e. The van der Waals surface area contributed by atoms with Gasteiger partial charge < -0.3 is 10.6 Å². The molecule has 1 aromatic carbocycles. The molecule has 0 unspecified atom stereocenters. The van der Waals surface area contributed by atoms with Gasteiger partial charge in [-0.25, -0.2) is 0 Å². The highest BCUT2D eigenvalue weighted by Crippen LogP contribution is 2.10. The fourth-order valence-corrected chi connectivity index (χ4v) is 2.63. The van der Waals surface area contributed by atoms with Crippen molar-refractivity contribution < 1.29 is 4.79 Å². The Hall–Kier alpha value is -1.55. The van der Waals surface area contributed by atoms with Crippen LogP contribution in [-0.4, -0.2) is 48.4 Å². The highest BCUT2D eigenvalue weighted by molar-refractivity contribution is 5.76. The quantitative estimate of drug-likeness (QED) is 0.833. The number of amides is 1. The molecule has 0 atom stereocenters. The van der Waals surface area contributed by atoms with Gasteiger partial charge in [0.1, 0.15) is 0 Å². The lowest BCUT2D eigenvalue weighted by Crippen LogP contribution is -2.48. The Morgan fingerprint density at radius 2 is 1.80 bits per heavy atom. The van der Waals surface area contributed by atoms with E-state index in [2.05, 4.69) is 11.8 Å². The summed E-state index contributed by atoms with van der Waals surface area (Å²) < 4.78 is 0. The third kappa shape index (κ3) is 4.23. The Morgan fingerprint density at radius 3 is 2.40 bits per heavy atom. The van der Waals surface area contributed by atoms with Crippen LogP contribution < -0.4 is 5.73 Å². The summed E-state index contributed by atoms with van der Waals surface area (Å²) in [5.41, 5.74) is 7.61. The van der Waals surface area contributed by atoms with Crippen LogP contribution in [0.15, 0.2) is 24.3 Å². The molecule has 0 aliphatic carbocycles. The van der Waals surface area contributed by atoms with E-state index in [1.165, 1.54) is 12.0 Å². The van der Waals surface area contributed by atoms with Gasteiger partial charge in [-0.05, 0) is 37.1 Å². The van der Waals surface area contributed by atoms with Gasteiger partial charge in [-0.3, -0.25) is 9.69 Å². The maximum absolute atomic E-state index is 12.2. The molecule has 1 amide bonds. The second-order valence-electron chi connectivity index (χ2n) is 5.46. The number of benzene rings is 1. The first kappa shape index (κ1) is 14.9. The summed E-state index contributed by atoms with van der Waals surface area (Å²) in [7, 11) is 0. The van der Waals surface area contributed by atoms with Crippen LogP contribution in [0.25, 0.3) is 0 Å². The van der Waals surface area contributed by atoms with Crippen LogP contribution in [-0.2, 0) is 11.2 Å². The van der Waals surface area contributed by atoms with Crippen LogP contribution in [0.2, 0.25) is 0 Å². The minimum absolute atomic E-state index is 0.276. The van der Waals surface area contributed by atoms with E-state index < -0.39 is 0 Å². The number of hydrogen-bond acceptors (Lipinski definition) is 3. The number of nitrogen functional groups attached to an aromatic ring is 1. The fourth-order valence-electron chi connectivity index (χ4n) is 2.63. The first-order valence-corrected chi connectivity index (χ1v) is 7.53. The van der Waals surface area contributed by atoms with Gasteiger partial charge >= 0.3 is 0 Å². The van der Waals surface area contributed by atoms with Crippen molar-refractivity contribution >= 4 is 11.6 Å². The molecular weight excluding hydrogens is 250 g/mol. The number of anilines is 1. The van der Waals surface area contributed by atoms with Crippen LogP contribution in [0.4, 0.5) is 5.69 Å². The zero-order valence-electron chi connectivity index (χ0n) is 12.3. The third-order valence-electron chi connectivity index (χ3n) is 3.87. The van der Waals surface area contributed by atoms with E-state index in [0.29, 0.717) is 6.42 Å². The molecule has 1 saturated heterocycles. The summed E-state index contributed by atoms with van der Waals surface area (Å²) in [5.74, 6) is 0.276. The minimum atomic E-state index is 0.276. The summed E-state index contributed by atoms with van der Waals surface area (Å²) in [5, 5.41) is 0. The van der Waals surface area contributed by atoms with Gasteiger partial charge in [0.25, 0.3) is 0 Å². The van der Waals surface area contributed by atoms with Crippen molar-refractivity contribution in [3.63, 3.8) is 0 Å². The van der Waals surface area contributed by atoms with E-state index in [1.54, 1.807) is 0 Å². The number of aryl methyl sites for hydroxylation is 1. The van der Waals surface area contributed by atoms with Crippen molar-refractivity contribution in [3.8, 4) is 0 Å². The zero-order valence-corrected chi connectivity index (χ0v) is 12.3. The predicted octanol–water partition coefficient (Wildman–Crippen LogP) is 1.76. The highest BCUT2D eigenvalue weighted by atomic mass is 16.2. The number of nitrogens with two attached hydrogens (primary N) is 1. The van der Waals surface area contributed by atoms with Gasteiger partial charge in [-0.15, -0.1) is 0 Å². The van der Waals surface area contributed by atoms with Crippen molar-refractivity contribution in [1.29, 1.82) is 0 Å². The normalized spacial score (nSPS) is 16.4. The maximum atomic E-state index is 12.2. The topological polar surface area (TPSA) is 49.6 Å². The SMILES string of the molecule is CCCN1CCN(C(=O)CCc2ccc(N)cc2)CC1. The van der Waals surface area contributed by atoms with Crippen molar-refractivity contribution in [3.05, 3.63) is 29.8 Å². The van der Waals surface area contributed by atoms with Gasteiger partial charge in [0.05, 0.1) is 0 Å². The van der Waals surface area contributed by atoms with E-state index in [0.717, 1.165) is 44.8 Å². The molecule has 20 heavy (non-hydrogen) atoms.